The van der Waals surface area contributed by atoms with Gasteiger partial charge in [-0.2, -0.15) is 0 Å². The summed E-state index contributed by atoms with van der Waals surface area (Å²) in [4.78, 5) is 26.6. The molecule has 0 saturated carbocycles. The topological polar surface area (TPSA) is 80.6 Å². The highest BCUT2D eigenvalue weighted by molar-refractivity contribution is 6.05. The predicted octanol–water partition coefficient (Wildman–Crippen LogP) is 5.58. The Bertz CT molecular complexity index is 1360. The van der Waals surface area contributed by atoms with E-state index in [0.29, 0.717) is 17.1 Å². The third-order valence-corrected chi connectivity index (χ3v) is 5.82. The van der Waals surface area contributed by atoms with Gasteiger partial charge in [-0.25, -0.2) is 0 Å². The van der Waals surface area contributed by atoms with Crippen LogP contribution in [0.2, 0.25) is 0 Å². The van der Waals surface area contributed by atoms with Gasteiger partial charge in [0.2, 0.25) is 0 Å². The second kappa shape index (κ2) is 11.2. The minimum Gasteiger partial charge on any atom is -0.497 e. The quantitative estimate of drug-likeness (QED) is 0.323. The van der Waals surface area contributed by atoms with Crippen LogP contribution in [0.4, 0.5) is 0 Å². The van der Waals surface area contributed by atoms with E-state index >= 15 is 0 Å². The number of methoxy groups -OCH3 is 1. The highest BCUT2D eigenvalue weighted by Gasteiger charge is 2.22. The van der Waals surface area contributed by atoms with Crippen LogP contribution in [-0.4, -0.2) is 18.9 Å². The second-order valence-corrected chi connectivity index (χ2v) is 8.43. The van der Waals surface area contributed by atoms with Gasteiger partial charge in [0.15, 0.2) is 0 Å². The first-order valence-corrected chi connectivity index (χ1v) is 11.6. The fourth-order valence-corrected chi connectivity index (χ4v) is 3.96. The van der Waals surface area contributed by atoms with Crippen molar-refractivity contribution in [2.24, 2.45) is 0 Å². The highest BCUT2D eigenvalue weighted by atomic mass is 16.5. The lowest BCUT2D eigenvalue weighted by Gasteiger charge is -2.23. The molecule has 0 spiro atoms. The van der Waals surface area contributed by atoms with Gasteiger partial charge in [0.25, 0.3) is 11.8 Å². The van der Waals surface area contributed by atoms with Crippen molar-refractivity contribution in [2.45, 2.75) is 19.9 Å². The van der Waals surface area contributed by atoms with Gasteiger partial charge in [-0.05, 0) is 66.9 Å². The molecule has 4 aromatic rings. The van der Waals surface area contributed by atoms with E-state index < -0.39 is 17.9 Å². The molecule has 2 N–H and O–H groups in total. The smallest absolute Gasteiger partial charge is 0.268 e. The van der Waals surface area contributed by atoms with Crippen LogP contribution >= 0.6 is 0 Å². The van der Waals surface area contributed by atoms with Gasteiger partial charge < -0.3 is 19.8 Å². The number of furan rings is 1. The van der Waals surface area contributed by atoms with Gasteiger partial charge in [0.05, 0.1) is 19.4 Å². The zero-order valence-electron chi connectivity index (χ0n) is 20.4. The summed E-state index contributed by atoms with van der Waals surface area (Å²) in [6.45, 7) is 4.06. The van der Waals surface area contributed by atoms with Gasteiger partial charge in [-0.15, -0.1) is 0 Å². The number of benzene rings is 3. The third-order valence-electron chi connectivity index (χ3n) is 5.82. The molecule has 2 amide bonds. The summed E-state index contributed by atoms with van der Waals surface area (Å²) in [5.74, 6) is 0.211. The van der Waals surface area contributed by atoms with E-state index in [-0.39, 0.29) is 5.70 Å². The molecule has 0 aliphatic carbocycles. The molecule has 36 heavy (non-hydrogen) atoms. The van der Waals surface area contributed by atoms with E-state index in [1.54, 1.807) is 43.5 Å². The summed E-state index contributed by atoms with van der Waals surface area (Å²) in [5.41, 5.74) is 4.55. The number of ether oxygens (including phenoxy) is 1. The number of aryl methyl sites for hydroxylation is 2. The summed E-state index contributed by atoms with van der Waals surface area (Å²) in [6, 6.07) is 25.5. The van der Waals surface area contributed by atoms with Crippen LogP contribution in [0.3, 0.4) is 0 Å². The molecule has 3 aromatic carbocycles. The number of carbonyl (C=O) groups is 2. The lowest BCUT2D eigenvalue weighted by atomic mass is 9.93. The monoisotopic (exact) mass is 480 g/mol. The Morgan fingerprint density at radius 2 is 1.67 bits per heavy atom. The second-order valence-electron chi connectivity index (χ2n) is 8.43. The Kier molecular flexibility index (Phi) is 7.66. The molecular weight excluding hydrogens is 452 g/mol. The predicted molar refractivity (Wildman–Crippen MR) is 139 cm³/mol. The molecule has 1 unspecified atom stereocenters. The van der Waals surface area contributed by atoms with Gasteiger partial charge in [-0.1, -0.05) is 54.1 Å². The average Bonchev–Trinajstić information content (AvgIpc) is 3.41. The molecule has 4 rings (SSSR count). The minimum absolute atomic E-state index is 0.0662. The van der Waals surface area contributed by atoms with Gasteiger partial charge in [0.1, 0.15) is 17.2 Å². The minimum atomic E-state index is -0.443. The van der Waals surface area contributed by atoms with Crippen LogP contribution in [-0.2, 0) is 4.79 Å². The lowest BCUT2D eigenvalue weighted by molar-refractivity contribution is -0.118. The molecule has 1 atom stereocenters. The first kappa shape index (κ1) is 24.5. The molecule has 0 aliphatic rings. The molecule has 182 valence electrons. The van der Waals surface area contributed by atoms with Crippen LogP contribution in [0.1, 0.15) is 44.4 Å². The third kappa shape index (κ3) is 5.91. The number of hydrogen-bond acceptors (Lipinski definition) is 4. The molecule has 0 radical (unpaired) electrons. The average molecular weight is 481 g/mol. The number of amides is 2. The van der Waals surface area contributed by atoms with Crippen molar-refractivity contribution in [1.82, 2.24) is 10.6 Å². The molecule has 1 heterocycles. The molecule has 6 nitrogen and oxygen atoms in total. The first-order valence-electron chi connectivity index (χ1n) is 11.6. The number of nitrogens with one attached hydrogen (secondary N) is 2. The van der Waals surface area contributed by atoms with Crippen molar-refractivity contribution >= 4 is 17.9 Å². The van der Waals surface area contributed by atoms with Crippen LogP contribution < -0.4 is 15.4 Å². The van der Waals surface area contributed by atoms with Gasteiger partial charge >= 0.3 is 0 Å². The Morgan fingerprint density at radius 1 is 0.917 bits per heavy atom. The van der Waals surface area contributed by atoms with Gasteiger partial charge in [0, 0.05) is 11.6 Å². The van der Waals surface area contributed by atoms with E-state index in [0.717, 1.165) is 22.3 Å². The van der Waals surface area contributed by atoms with Crippen LogP contribution in [0.25, 0.3) is 6.08 Å². The summed E-state index contributed by atoms with van der Waals surface area (Å²) >= 11 is 0. The van der Waals surface area contributed by atoms with E-state index in [9.17, 15) is 9.59 Å². The molecule has 0 saturated heterocycles. The Morgan fingerprint density at radius 3 is 2.31 bits per heavy atom. The van der Waals surface area contributed by atoms with E-state index in [4.69, 9.17) is 9.15 Å². The number of carbonyl (C=O) groups excluding carboxylic acids is 2. The Labute approximate surface area is 210 Å². The largest absolute Gasteiger partial charge is 0.497 e. The van der Waals surface area contributed by atoms with E-state index in [1.807, 2.05) is 56.3 Å². The fourth-order valence-electron chi connectivity index (χ4n) is 3.96. The summed E-state index contributed by atoms with van der Waals surface area (Å²) in [7, 11) is 1.56. The Balaban J connectivity index is 1.66. The SMILES string of the molecule is COc1ccc(C(=O)N/C(=C\c2ccco2)C(=O)NC(c2ccccc2)c2ccc(C)cc2C)cc1. The van der Waals surface area contributed by atoms with Crippen molar-refractivity contribution in [3.63, 3.8) is 0 Å². The molecular formula is C30H28N2O4. The number of rotatable bonds is 8. The van der Waals surface area contributed by atoms with Crippen LogP contribution in [0.5, 0.6) is 5.75 Å². The van der Waals surface area contributed by atoms with Crippen molar-refractivity contribution in [1.29, 1.82) is 0 Å². The fraction of sp³-hybridized carbons (Fsp3) is 0.133. The molecule has 0 bridgehead atoms. The zero-order chi connectivity index (χ0) is 25.5. The molecule has 0 aliphatic heterocycles. The maximum Gasteiger partial charge on any atom is 0.268 e. The standard InChI is InChI=1S/C30H28N2O4/c1-20-11-16-26(21(2)18-20)28(22-8-5-4-6-9-22)32-30(34)27(19-25-10-7-17-36-25)31-29(33)23-12-14-24(35-3)15-13-23/h4-19,28H,1-3H3,(H,31,33)(H,32,34)/b27-19-. The van der Waals surface area contributed by atoms with Gasteiger partial charge in [-0.3, -0.25) is 9.59 Å². The normalized spacial score (nSPS) is 12.0. The molecule has 0 fully saturated rings. The number of hydrogen-bond donors (Lipinski definition) is 2. The van der Waals surface area contributed by atoms with Crippen LogP contribution in [0, 0.1) is 13.8 Å². The highest BCUT2D eigenvalue weighted by Crippen LogP contribution is 2.26. The molecule has 6 heteroatoms. The van der Waals surface area contributed by atoms with Crippen LogP contribution in [0.15, 0.2) is 101 Å². The molecule has 1 aromatic heterocycles. The zero-order valence-corrected chi connectivity index (χ0v) is 20.4. The van der Waals surface area contributed by atoms with Crippen molar-refractivity contribution in [3.8, 4) is 5.75 Å². The lowest BCUT2D eigenvalue weighted by Crippen LogP contribution is -2.37. The summed E-state index contributed by atoms with van der Waals surface area (Å²) < 4.78 is 10.6. The maximum absolute atomic E-state index is 13.6. The Hall–Kier alpha value is -4.58. The first-order chi connectivity index (χ1) is 17.4. The summed E-state index contributed by atoms with van der Waals surface area (Å²) in [5, 5.41) is 5.86. The summed E-state index contributed by atoms with van der Waals surface area (Å²) in [6.07, 6.45) is 3.02. The van der Waals surface area contributed by atoms with E-state index in [2.05, 4.69) is 16.7 Å². The van der Waals surface area contributed by atoms with E-state index in [1.165, 1.54) is 12.3 Å². The van der Waals surface area contributed by atoms with Crippen molar-refractivity contribution in [3.05, 3.63) is 130 Å². The van der Waals surface area contributed by atoms with Crippen molar-refractivity contribution < 1.29 is 18.7 Å². The maximum atomic E-state index is 13.6. The van der Waals surface area contributed by atoms with Crippen molar-refractivity contribution in [2.75, 3.05) is 7.11 Å².